The smallest absolute Gasteiger partial charge is 0.263 e. The Morgan fingerprint density at radius 2 is 2.10 bits per heavy atom. The summed E-state index contributed by atoms with van der Waals surface area (Å²) in [5.41, 5.74) is 0. The molecule has 0 atom stereocenters. The number of halogens is 3. The predicted octanol–water partition coefficient (Wildman–Crippen LogP) is 4.17. The third-order valence-corrected chi connectivity index (χ3v) is 3.41. The number of nitrogens with zero attached hydrogens (tertiary/aromatic N) is 1. The molecule has 0 aliphatic heterocycles. The highest BCUT2D eigenvalue weighted by Gasteiger charge is 2.09. The van der Waals surface area contributed by atoms with Gasteiger partial charge in [-0.05, 0) is 34.1 Å². The van der Waals surface area contributed by atoms with Crippen LogP contribution in [-0.4, -0.2) is 17.5 Å². The third-order valence-electron chi connectivity index (χ3n) is 2.26. The summed E-state index contributed by atoms with van der Waals surface area (Å²) in [6.07, 6.45) is 1.40. The molecule has 0 aliphatic rings. The number of hydrogen-bond acceptors (Lipinski definition) is 3. The number of rotatable bonds is 4. The Morgan fingerprint density at radius 1 is 1.35 bits per heavy atom. The largest absolute Gasteiger partial charge is 0.483 e. The van der Waals surface area contributed by atoms with E-state index in [1.54, 1.807) is 6.07 Å². The number of benzene rings is 1. The van der Waals surface area contributed by atoms with Crippen molar-refractivity contribution in [3.8, 4) is 5.75 Å². The van der Waals surface area contributed by atoms with Gasteiger partial charge in [-0.15, -0.1) is 0 Å². The predicted molar refractivity (Wildman–Crippen MR) is 82.5 cm³/mol. The van der Waals surface area contributed by atoms with E-state index in [-0.39, 0.29) is 23.4 Å². The van der Waals surface area contributed by atoms with Gasteiger partial charge in [0.1, 0.15) is 5.75 Å². The van der Waals surface area contributed by atoms with Gasteiger partial charge in [0.15, 0.2) is 12.4 Å². The molecule has 104 valence electrons. The maximum Gasteiger partial charge on any atom is 0.263 e. The van der Waals surface area contributed by atoms with E-state index in [0.29, 0.717) is 10.8 Å². The zero-order chi connectivity index (χ0) is 14.5. The lowest BCUT2D eigenvalue weighted by Crippen LogP contribution is -2.21. The van der Waals surface area contributed by atoms with Gasteiger partial charge in [0, 0.05) is 6.20 Å². The van der Waals surface area contributed by atoms with E-state index in [1.165, 1.54) is 12.3 Å². The fourth-order valence-corrected chi connectivity index (χ4v) is 2.21. The van der Waals surface area contributed by atoms with E-state index in [0.717, 1.165) is 4.47 Å². The van der Waals surface area contributed by atoms with E-state index >= 15 is 0 Å². The highest BCUT2D eigenvalue weighted by Crippen LogP contribution is 2.24. The Kier molecular flexibility index (Phi) is 5.23. The second-order valence-electron chi connectivity index (χ2n) is 3.75. The maximum absolute atomic E-state index is 11.8. The summed E-state index contributed by atoms with van der Waals surface area (Å²) >= 11 is 15.0. The molecule has 0 unspecified atom stereocenters. The van der Waals surface area contributed by atoms with Crippen LogP contribution in [0.4, 0.5) is 5.82 Å². The number of nitrogens with one attached hydrogen (secondary N) is 1. The van der Waals surface area contributed by atoms with Crippen LogP contribution >= 0.6 is 39.1 Å². The summed E-state index contributed by atoms with van der Waals surface area (Å²) in [4.78, 5) is 15.7. The molecule has 20 heavy (non-hydrogen) atoms. The molecule has 1 N–H and O–H groups in total. The Morgan fingerprint density at radius 3 is 2.80 bits per heavy atom. The molecule has 0 radical (unpaired) electrons. The molecule has 1 aromatic heterocycles. The third kappa shape index (κ3) is 4.10. The van der Waals surface area contributed by atoms with Gasteiger partial charge in [0.05, 0.1) is 14.5 Å². The van der Waals surface area contributed by atoms with Crippen LogP contribution in [0.25, 0.3) is 0 Å². The van der Waals surface area contributed by atoms with Crippen LogP contribution in [0, 0.1) is 0 Å². The first-order chi connectivity index (χ1) is 9.56. The minimum absolute atomic E-state index is 0.150. The van der Waals surface area contributed by atoms with E-state index in [1.807, 2.05) is 18.2 Å². The summed E-state index contributed by atoms with van der Waals surface area (Å²) in [5, 5.41) is 3.22. The molecule has 0 bridgehead atoms. The minimum Gasteiger partial charge on any atom is -0.483 e. The number of ether oxygens (including phenoxy) is 1. The first kappa shape index (κ1) is 15.1. The number of carbonyl (C=O) groups excluding carboxylic acids is 1. The van der Waals surface area contributed by atoms with Gasteiger partial charge in [-0.2, -0.15) is 0 Å². The molecule has 0 fully saturated rings. The average molecular weight is 376 g/mol. The lowest BCUT2D eigenvalue weighted by Gasteiger charge is -2.09. The van der Waals surface area contributed by atoms with Gasteiger partial charge >= 0.3 is 0 Å². The Bertz CT molecular complexity index is 638. The van der Waals surface area contributed by atoms with E-state index < -0.39 is 0 Å². The quantitative estimate of drug-likeness (QED) is 0.872. The van der Waals surface area contributed by atoms with Crippen LogP contribution in [-0.2, 0) is 4.79 Å². The number of aromatic nitrogens is 1. The molecule has 0 aliphatic carbocycles. The van der Waals surface area contributed by atoms with Crippen molar-refractivity contribution in [2.24, 2.45) is 0 Å². The Labute approximate surface area is 134 Å². The molecular weight excluding hydrogens is 367 g/mol. The van der Waals surface area contributed by atoms with Gasteiger partial charge in [-0.3, -0.25) is 4.79 Å². The first-order valence-corrected chi connectivity index (χ1v) is 7.09. The van der Waals surface area contributed by atoms with Crippen LogP contribution < -0.4 is 10.1 Å². The second-order valence-corrected chi connectivity index (χ2v) is 5.45. The van der Waals surface area contributed by atoms with Gasteiger partial charge in [0.25, 0.3) is 5.91 Å². The highest BCUT2D eigenvalue weighted by atomic mass is 79.9. The summed E-state index contributed by atoms with van der Waals surface area (Å²) in [5.74, 6) is 0.465. The van der Waals surface area contributed by atoms with Crippen LogP contribution in [0.2, 0.25) is 10.0 Å². The normalized spacial score (nSPS) is 10.2. The number of carbonyl (C=O) groups is 1. The summed E-state index contributed by atoms with van der Waals surface area (Å²) < 4.78 is 6.15. The van der Waals surface area contributed by atoms with E-state index in [9.17, 15) is 4.79 Å². The standard InChI is InChI=1S/C13H9BrCl2N2O2/c14-9-3-1-2-4-11(9)20-7-12(19)18-13-10(16)5-8(15)6-17-13/h1-6H,7H2,(H,17,18,19). The molecule has 7 heteroatoms. The molecule has 0 saturated heterocycles. The van der Waals surface area contributed by atoms with Crippen molar-refractivity contribution in [3.63, 3.8) is 0 Å². The summed E-state index contributed by atoms with van der Waals surface area (Å²) in [6, 6.07) is 8.75. The van der Waals surface area contributed by atoms with Crippen LogP contribution in [0.15, 0.2) is 41.0 Å². The highest BCUT2D eigenvalue weighted by molar-refractivity contribution is 9.10. The van der Waals surface area contributed by atoms with Crippen molar-refractivity contribution in [1.29, 1.82) is 0 Å². The molecule has 2 aromatic rings. The van der Waals surface area contributed by atoms with Crippen molar-refractivity contribution in [2.45, 2.75) is 0 Å². The van der Waals surface area contributed by atoms with Gasteiger partial charge in [-0.1, -0.05) is 35.3 Å². The van der Waals surface area contributed by atoms with Gasteiger partial charge in [-0.25, -0.2) is 4.98 Å². The first-order valence-electron chi connectivity index (χ1n) is 5.54. The molecule has 0 saturated carbocycles. The van der Waals surface area contributed by atoms with Crippen LogP contribution in [0.5, 0.6) is 5.75 Å². The number of pyridine rings is 1. The molecule has 0 spiro atoms. The zero-order valence-electron chi connectivity index (χ0n) is 10.1. The fourth-order valence-electron chi connectivity index (χ4n) is 1.38. The second kappa shape index (κ2) is 6.92. The van der Waals surface area contributed by atoms with Gasteiger partial charge in [0.2, 0.25) is 0 Å². The van der Waals surface area contributed by atoms with Crippen molar-refractivity contribution in [3.05, 3.63) is 51.0 Å². The number of para-hydroxylation sites is 1. The summed E-state index contributed by atoms with van der Waals surface area (Å²) in [7, 11) is 0. The molecule has 1 heterocycles. The maximum atomic E-state index is 11.8. The van der Waals surface area contributed by atoms with E-state index in [4.69, 9.17) is 27.9 Å². The van der Waals surface area contributed by atoms with Crippen molar-refractivity contribution >= 4 is 50.9 Å². The SMILES string of the molecule is O=C(COc1ccccc1Br)Nc1ncc(Cl)cc1Cl. The number of anilines is 1. The average Bonchev–Trinajstić information content (AvgIpc) is 2.41. The fraction of sp³-hybridized carbons (Fsp3) is 0.0769. The van der Waals surface area contributed by atoms with Crippen LogP contribution in [0.1, 0.15) is 0 Å². The lowest BCUT2D eigenvalue weighted by molar-refractivity contribution is -0.118. The van der Waals surface area contributed by atoms with Crippen molar-refractivity contribution in [2.75, 3.05) is 11.9 Å². The minimum atomic E-state index is -0.363. The van der Waals surface area contributed by atoms with E-state index in [2.05, 4.69) is 26.2 Å². The van der Waals surface area contributed by atoms with Gasteiger partial charge < -0.3 is 10.1 Å². The van der Waals surface area contributed by atoms with Crippen LogP contribution in [0.3, 0.4) is 0 Å². The molecule has 1 aromatic carbocycles. The summed E-state index contributed by atoms with van der Waals surface area (Å²) in [6.45, 7) is -0.150. The lowest BCUT2D eigenvalue weighted by atomic mass is 10.3. The molecule has 4 nitrogen and oxygen atoms in total. The monoisotopic (exact) mass is 374 g/mol. The Balaban J connectivity index is 1.94. The zero-order valence-corrected chi connectivity index (χ0v) is 13.2. The Hall–Kier alpha value is -1.30. The molecular formula is C13H9BrCl2N2O2. The topological polar surface area (TPSA) is 51.2 Å². The molecule has 2 rings (SSSR count). The van der Waals surface area contributed by atoms with Crippen molar-refractivity contribution < 1.29 is 9.53 Å². The van der Waals surface area contributed by atoms with Crippen molar-refractivity contribution in [1.82, 2.24) is 4.98 Å². The number of hydrogen-bond donors (Lipinski definition) is 1. The number of amides is 1. The molecule has 1 amide bonds.